The maximum atomic E-state index is 11.3. The van der Waals surface area contributed by atoms with E-state index in [9.17, 15) is 14.4 Å². The van der Waals surface area contributed by atoms with E-state index in [0.29, 0.717) is 11.3 Å². The molecule has 0 fully saturated rings. The lowest BCUT2D eigenvalue weighted by Crippen LogP contribution is -2.18. The predicted molar refractivity (Wildman–Crippen MR) is 63.4 cm³/mol. The van der Waals surface area contributed by atoms with Crippen molar-refractivity contribution in [2.24, 2.45) is 0 Å². The molecule has 1 rings (SSSR count). The minimum Gasteiger partial charge on any atom is -0.481 e. The van der Waals surface area contributed by atoms with Crippen LogP contribution in [-0.4, -0.2) is 28.1 Å². The highest BCUT2D eigenvalue weighted by Gasteiger charge is 2.18. The minimum absolute atomic E-state index is 0.318. The van der Waals surface area contributed by atoms with Crippen molar-refractivity contribution in [3.63, 3.8) is 0 Å². The maximum absolute atomic E-state index is 11.3. The average Bonchev–Trinajstić information content (AvgIpc) is 2.27. The van der Waals surface area contributed by atoms with Gasteiger partial charge in [0.25, 0.3) is 0 Å². The van der Waals surface area contributed by atoms with Crippen LogP contribution in [0.3, 0.4) is 0 Å². The van der Waals surface area contributed by atoms with Crippen molar-refractivity contribution in [1.29, 1.82) is 0 Å². The lowest BCUT2D eigenvalue weighted by Gasteiger charge is -2.13. The Morgan fingerprint density at radius 2 is 1.83 bits per heavy atom. The number of carboxylic acids is 2. The Bertz CT molecular complexity index is 483. The third-order valence-electron chi connectivity index (χ3n) is 2.38. The van der Waals surface area contributed by atoms with E-state index in [4.69, 9.17) is 10.2 Å². The molecule has 0 saturated heterocycles. The summed E-state index contributed by atoms with van der Waals surface area (Å²) in [7, 11) is 0. The van der Waals surface area contributed by atoms with E-state index < -0.39 is 30.2 Å². The fourth-order valence-corrected chi connectivity index (χ4v) is 1.45. The van der Waals surface area contributed by atoms with Crippen LogP contribution in [-0.2, 0) is 14.4 Å². The number of para-hydroxylation sites is 1. The van der Waals surface area contributed by atoms with Crippen molar-refractivity contribution in [3.05, 3.63) is 29.8 Å². The number of carbonyl (C=O) groups is 3. The van der Waals surface area contributed by atoms with Gasteiger partial charge >= 0.3 is 11.9 Å². The first-order valence-corrected chi connectivity index (χ1v) is 5.25. The third kappa shape index (κ3) is 3.58. The van der Waals surface area contributed by atoms with Crippen LogP contribution in [0.2, 0.25) is 0 Å². The van der Waals surface area contributed by atoms with E-state index in [1.165, 1.54) is 13.0 Å². The fourth-order valence-electron chi connectivity index (χ4n) is 1.45. The molecule has 0 aromatic heterocycles. The molecule has 18 heavy (non-hydrogen) atoms. The van der Waals surface area contributed by atoms with Crippen LogP contribution in [0.15, 0.2) is 24.3 Å². The molecule has 1 atom stereocenters. The molecule has 0 aliphatic rings. The molecule has 0 bridgehead atoms. The van der Waals surface area contributed by atoms with Crippen LogP contribution in [0, 0.1) is 0 Å². The number of hydrogen-bond acceptors (Lipinski definition) is 3. The Hall–Kier alpha value is -2.37. The number of aliphatic carboxylic acids is 2. The molecule has 1 aromatic rings. The third-order valence-corrected chi connectivity index (χ3v) is 2.38. The number of benzene rings is 1. The summed E-state index contributed by atoms with van der Waals surface area (Å²) in [6, 6.07) is 6.40. The predicted octanol–water partition coefficient (Wildman–Crippen LogP) is 1.29. The summed E-state index contributed by atoms with van der Waals surface area (Å²) in [5.41, 5.74) is 0.752. The molecule has 6 heteroatoms. The van der Waals surface area contributed by atoms with Crippen LogP contribution in [0.1, 0.15) is 24.8 Å². The molecule has 6 nitrogen and oxygen atoms in total. The Kier molecular flexibility index (Phi) is 4.42. The highest BCUT2D eigenvalue weighted by molar-refractivity contribution is 6.02. The van der Waals surface area contributed by atoms with Crippen molar-refractivity contribution in [2.75, 3.05) is 5.32 Å². The second kappa shape index (κ2) is 5.81. The van der Waals surface area contributed by atoms with Gasteiger partial charge in [-0.25, -0.2) is 0 Å². The lowest BCUT2D eigenvalue weighted by atomic mass is 9.99. The standard InChI is InChI=1S/C12H13NO5/c1-7(12(17)18)8-4-2-3-5-9(8)13-10(14)6-11(15)16/h2-5,7H,6H2,1H3,(H,13,14)(H,15,16)(H,17,18). The summed E-state index contributed by atoms with van der Waals surface area (Å²) in [6.45, 7) is 1.49. The van der Waals surface area contributed by atoms with E-state index >= 15 is 0 Å². The van der Waals surface area contributed by atoms with Crippen LogP contribution in [0.25, 0.3) is 0 Å². The van der Waals surface area contributed by atoms with Gasteiger partial charge in [0.05, 0.1) is 5.92 Å². The first-order chi connectivity index (χ1) is 8.41. The number of carboxylic acid groups (broad SMARTS) is 2. The minimum atomic E-state index is -1.24. The van der Waals surface area contributed by atoms with E-state index in [-0.39, 0.29) is 0 Å². The Morgan fingerprint density at radius 3 is 2.39 bits per heavy atom. The molecule has 0 aliphatic carbocycles. The van der Waals surface area contributed by atoms with Crippen molar-refractivity contribution >= 4 is 23.5 Å². The molecule has 96 valence electrons. The molecule has 1 amide bonds. The monoisotopic (exact) mass is 251 g/mol. The fraction of sp³-hybridized carbons (Fsp3) is 0.250. The zero-order chi connectivity index (χ0) is 13.7. The largest absolute Gasteiger partial charge is 0.481 e. The number of anilines is 1. The summed E-state index contributed by atoms with van der Waals surface area (Å²) in [5.74, 6) is -3.73. The smallest absolute Gasteiger partial charge is 0.312 e. The molecule has 1 unspecified atom stereocenters. The highest BCUT2D eigenvalue weighted by atomic mass is 16.4. The quantitative estimate of drug-likeness (QED) is 0.684. The van der Waals surface area contributed by atoms with Gasteiger partial charge in [-0.05, 0) is 18.6 Å². The van der Waals surface area contributed by atoms with Gasteiger partial charge in [0.1, 0.15) is 6.42 Å². The molecule has 0 heterocycles. The van der Waals surface area contributed by atoms with E-state index in [2.05, 4.69) is 5.32 Å². The molecule has 0 radical (unpaired) electrons. The highest BCUT2D eigenvalue weighted by Crippen LogP contribution is 2.24. The van der Waals surface area contributed by atoms with Gasteiger partial charge in [-0.1, -0.05) is 18.2 Å². The van der Waals surface area contributed by atoms with Crippen LogP contribution < -0.4 is 5.32 Å². The number of hydrogen-bond donors (Lipinski definition) is 3. The summed E-state index contributed by atoms with van der Waals surface area (Å²) in [4.78, 5) is 32.6. The molecular formula is C12H13NO5. The number of rotatable bonds is 5. The van der Waals surface area contributed by atoms with Gasteiger partial charge < -0.3 is 15.5 Å². The van der Waals surface area contributed by atoms with Gasteiger partial charge in [-0.2, -0.15) is 0 Å². The van der Waals surface area contributed by atoms with Crippen LogP contribution in [0.4, 0.5) is 5.69 Å². The van der Waals surface area contributed by atoms with Crippen molar-refractivity contribution < 1.29 is 24.6 Å². The Balaban J connectivity index is 2.92. The molecule has 3 N–H and O–H groups in total. The molecule has 0 aliphatic heterocycles. The number of amides is 1. The first kappa shape index (κ1) is 13.7. The molecule has 0 saturated carbocycles. The van der Waals surface area contributed by atoms with Crippen molar-refractivity contribution in [3.8, 4) is 0 Å². The van der Waals surface area contributed by atoms with Gasteiger partial charge in [0.15, 0.2) is 0 Å². The average molecular weight is 251 g/mol. The van der Waals surface area contributed by atoms with Crippen molar-refractivity contribution in [1.82, 2.24) is 0 Å². The SMILES string of the molecule is CC(C(=O)O)c1ccccc1NC(=O)CC(=O)O. The second-order valence-electron chi connectivity index (χ2n) is 3.77. The number of nitrogens with one attached hydrogen (secondary N) is 1. The van der Waals surface area contributed by atoms with E-state index in [0.717, 1.165) is 0 Å². The van der Waals surface area contributed by atoms with Gasteiger partial charge in [-0.3, -0.25) is 14.4 Å². The van der Waals surface area contributed by atoms with E-state index in [1.807, 2.05) is 0 Å². The Morgan fingerprint density at radius 1 is 1.22 bits per heavy atom. The van der Waals surface area contributed by atoms with Gasteiger partial charge in [0.2, 0.25) is 5.91 Å². The zero-order valence-electron chi connectivity index (χ0n) is 9.71. The summed E-state index contributed by atoms with van der Waals surface area (Å²) >= 11 is 0. The summed E-state index contributed by atoms with van der Waals surface area (Å²) in [6.07, 6.45) is -0.657. The summed E-state index contributed by atoms with van der Waals surface area (Å²) < 4.78 is 0. The van der Waals surface area contributed by atoms with Crippen LogP contribution >= 0.6 is 0 Å². The van der Waals surface area contributed by atoms with Crippen LogP contribution in [0.5, 0.6) is 0 Å². The maximum Gasteiger partial charge on any atom is 0.312 e. The molecular weight excluding hydrogens is 238 g/mol. The Labute approximate surface area is 103 Å². The second-order valence-corrected chi connectivity index (χ2v) is 3.77. The zero-order valence-corrected chi connectivity index (χ0v) is 9.71. The first-order valence-electron chi connectivity index (χ1n) is 5.25. The van der Waals surface area contributed by atoms with E-state index in [1.54, 1.807) is 18.2 Å². The lowest BCUT2D eigenvalue weighted by molar-refractivity contribution is -0.140. The number of carbonyl (C=O) groups excluding carboxylic acids is 1. The van der Waals surface area contributed by atoms with Crippen molar-refractivity contribution in [2.45, 2.75) is 19.3 Å². The molecule has 0 spiro atoms. The van der Waals surface area contributed by atoms with Gasteiger partial charge in [0, 0.05) is 5.69 Å². The van der Waals surface area contributed by atoms with Gasteiger partial charge in [-0.15, -0.1) is 0 Å². The topological polar surface area (TPSA) is 104 Å². The normalized spacial score (nSPS) is 11.6. The summed E-state index contributed by atoms with van der Waals surface area (Å²) in [5, 5.41) is 19.8. The molecule has 1 aromatic carbocycles.